The van der Waals surface area contributed by atoms with E-state index < -0.39 is 11.8 Å². The third-order valence-corrected chi connectivity index (χ3v) is 3.99. The minimum absolute atomic E-state index is 0.212. The van der Waals surface area contributed by atoms with Gasteiger partial charge in [0.2, 0.25) is 11.9 Å². The lowest BCUT2D eigenvalue weighted by atomic mass is 9.97. The van der Waals surface area contributed by atoms with Crippen LogP contribution >= 0.6 is 0 Å². The standard InChI is InChI=1S/C16H23N5O2/c1-5-6-7-12(14(17)22)13-8-9(2)20-21(13)16-18-11(4)10(3)15(23)19-16/h8,12H,5-7H2,1-4H3,(H2,17,22)(H,18,19,23). The number of nitrogens with zero attached hydrogens (tertiary/aromatic N) is 3. The van der Waals surface area contributed by atoms with Crippen molar-refractivity contribution < 1.29 is 4.79 Å². The topological polar surface area (TPSA) is 107 Å². The van der Waals surface area contributed by atoms with Crippen LogP contribution in [0.5, 0.6) is 0 Å². The van der Waals surface area contributed by atoms with Crippen molar-refractivity contribution in [2.45, 2.75) is 52.9 Å². The number of aryl methyl sites for hydroxylation is 2. The van der Waals surface area contributed by atoms with Gasteiger partial charge in [-0.2, -0.15) is 5.10 Å². The molecule has 1 unspecified atom stereocenters. The Morgan fingerprint density at radius 1 is 1.39 bits per heavy atom. The highest BCUT2D eigenvalue weighted by Gasteiger charge is 2.24. The van der Waals surface area contributed by atoms with E-state index in [2.05, 4.69) is 22.0 Å². The average molecular weight is 317 g/mol. The fourth-order valence-electron chi connectivity index (χ4n) is 2.51. The summed E-state index contributed by atoms with van der Waals surface area (Å²) >= 11 is 0. The molecular formula is C16H23N5O2. The summed E-state index contributed by atoms with van der Waals surface area (Å²) in [5.41, 5.74) is 7.96. The molecule has 0 radical (unpaired) electrons. The number of rotatable bonds is 6. The van der Waals surface area contributed by atoms with Gasteiger partial charge in [0.15, 0.2) is 0 Å². The molecule has 2 aromatic rings. The Kier molecular flexibility index (Phi) is 4.98. The van der Waals surface area contributed by atoms with Gasteiger partial charge in [-0.3, -0.25) is 14.6 Å². The van der Waals surface area contributed by atoms with E-state index in [-0.39, 0.29) is 5.56 Å². The summed E-state index contributed by atoms with van der Waals surface area (Å²) in [5.74, 6) is -0.544. The molecule has 1 atom stereocenters. The maximum absolute atomic E-state index is 12.0. The Labute approximate surface area is 134 Å². The minimum atomic E-state index is -0.455. The number of carbonyl (C=O) groups is 1. The lowest BCUT2D eigenvalue weighted by Crippen LogP contribution is -2.25. The van der Waals surface area contributed by atoms with E-state index in [1.54, 1.807) is 13.8 Å². The van der Waals surface area contributed by atoms with Crippen molar-refractivity contribution in [3.63, 3.8) is 0 Å². The number of H-pyrrole nitrogens is 1. The maximum Gasteiger partial charge on any atom is 0.255 e. The van der Waals surface area contributed by atoms with Crippen LogP contribution in [0.15, 0.2) is 10.9 Å². The van der Waals surface area contributed by atoms with E-state index in [0.29, 0.717) is 29.3 Å². The monoisotopic (exact) mass is 317 g/mol. The molecule has 124 valence electrons. The molecule has 2 heterocycles. The smallest absolute Gasteiger partial charge is 0.255 e. The number of nitrogens with two attached hydrogens (primary N) is 1. The highest BCUT2D eigenvalue weighted by Crippen LogP contribution is 2.24. The van der Waals surface area contributed by atoms with Crippen LogP contribution in [0.3, 0.4) is 0 Å². The first-order valence-electron chi connectivity index (χ1n) is 7.79. The molecule has 0 spiro atoms. The molecule has 0 saturated carbocycles. The molecule has 2 aromatic heterocycles. The summed E-state index contributed by atoms with van der Waals surface area (Å²) in [6.07, 6.45) is 2.50. The molecule has 7 heteroatoms. The normalized spacial score (nSPS) is 12.3. The van der Waals surface area contributed by atoms with Crippen LogP contribution in [0, 0.1) is 20.8 Å². The third-order valence-electron chi connectivity index (χ3n) is 3.99. The third kappa shape index (κ3) is 3.49. The Morgan fingerprint density at radius 3 is 2.65 bits per heavy atom. The molecule has 3 N–H and O–H groups in total. The molecule has 23 heavy (non-hydrogen) atoms. The van der Waals surface area contributed by atoms with Crippen molar-refractivity contribution in [2.24, 2.45) is 5.73 Å². The Balaban J connectivity index is 2.56. The van der Waals surface area contributed by atoms with E-state index in [1.807, 2.05) is 13.0 Å². The second-order valence-corrected chi connectivity index (χ2v) is 5.82. The van der Waals surface area contributed by atoms with E-state index >= 15 is 0 Å². The van der Waals surface area contributed by atoms with Crippen molar-refractivity contribution >= 4 is 5.91 Å². The maximum atomic E-state index is 12.0. The van der Waals surface area contributed by atoms with Crippen molar-refractivity contribution in [2.75, 3.05) is 0 Å². The molecule has 0 bridgehead atoms. The zero-order chi connectivity index (χ0) is 17.1. The predicted octanol–water partition coefficient (Wildman–Crippen LogP) is 1.64. The van der Waals surface area contributed by atoms with Crippen LogP contribution in [0.1, 0.15) is 54.7 Å². The van der Waals surface area contributed by atoms with Gasteiger partial charge in [-0.25, -0.2) is 9.67 Å². The predicted molar refractivity (Wildman–Crippen MR) is 87.7 cm³/mol. The number of amides is 1. The average Bonchev–Trinajstić information content (AvgIpc) is 2.86. The number of hydrogen-bond acceptors (Lipinski definition) is 4. The van der Waals surface area contributed by atoms with Gasteiger partial charge in [-0.05, 0) is 33.3 Å². The van der Waals surface area contributed by atoms with Gasteiger partial charge < -0.3 is 5.73 Å². The van der Waals surface area contributed by atoms with Gasteiger partial charge in [0.25, 0.3) is 5.56 Å². The van der Waals surface area contributed by atoms with Crippen LogP contribution in [0.4, 0.5) is 0 Å². The van der Waals surface area contributed by atoms with Crippen LogP contribution in [-0.4, -0.2) is 25.7 Å². The number of nitrogens with one attached hydrogen (secondary N) is 1. The number of carbonyl (C=O) groups excluding carboxylic acids is 1. The summed E-state index contributed by atoms with van der Waals surface area (Å²) < 4.78 is 1.52. The Hall–Kier alpha value is -2.44. The van der Waals surface area contributed by atoms with Crippen LogP contribution in [0.25, 0.3) is 5.95 Å². The quantitative estimate of drug-likeness (QED) is 0.844. The van der Waals surface area contributed by atoms with Gasteiger partial charge in [-0.1, -0.05) is 19.8 Å². The first-order valence-corrected chi connectivity index (χ1v) is 7.79. The molecule has 0 fully saturated rings. The zero-order valence-electron chi connectivity index (χ0n) is 14.0. The van der Waals surface area contributed by atoms with E-state index in [1.165, 1.54) is 4.68 Å². The van der Waals surface area contributed by atoms with Gasteiger partial charge in [0.1, 0.15) is 0 Å². The van der Waals surface area contributed by atoms with Crippen molar-refractivity contribution in [1.29, 1.82) is 0 Å². The summed E-state index contributed by atoms with van der Waals surface area (Å²) in [6.45, 7) is 7.38. The molecule has 7 nitrogen and oxygen atoms in total. The molecule has 1 amide bonds. The fraction of sp³-hybridized carbons (Fsp3) is 0.500. The van der Waals surface area contributed by atoms with Crippen molar-refractivity contribution in [3.8, 4) is 5.95 Å². The molecular weight excluding hydrogens is 294 g/mol. The van der Waals surface area contributed by atoms with Crippen LogP contribution < -0.4 is 11.3 Å². The van der Waals surface area contributed by atoms with Crippen molar-refractivity contribution in [3.05, 3.63) is 39.1 Å². The molecule has 2 rings (SSSR count). The second kappa shape index (κ2) is 6.76. The summed E-state index contributed by atoms with van der Waals surface area (Å²) in [7, 11) is 0. The second-order valence-electron chi connectivity index (χ2n) is 5.82. The Bertz CT molecular complexity index is 775. The van der Waals surface area contributed by atoms with E-state index in [9.17, 15) is 9.59 Å². The molecule has 0 aliphatic carbocycles. The number of aromatic amines is 1. The zero-order valence-corrected chi connectivity index (χ0v) is 14.0. The van der Waals surface area contributed by atoms with Crippen LogP contribution in [0.2, 0.25) is 0 Å². The number of unbranched alkanes of at least 4 members (excludes halogenated alkanes) is 1. The van der Waals surface area contributed by atoms with Gasteiger partial charge in [-0.15, -0.1) is 0 Å². The van der Waals surface area contributed by atoms with E-state index in [4.69, 9.17) is 5.73 Å². The number of primary amides is 1. The summed E-state index contributed by atoms with van der Waals surface area (Å²) in [6, 6.07) is 1.82. The van der Waals surface area contributed by atoms with Crippen LogP contribution in [-0.2, 0) is 4.79 Å². The van der Waals surface area contributed by atoms with Gasteiger partial charge in [0.05, 0.1) is 17.3 Å². The minimum Gasteiger partial charge on any atom is -0.369 e. The molecule has 0 saturated heterocycles. The number of hydrogen-bond donors (Lipinski definition) is 2. The molecule has 0 aliphatic heterocycles. The number of aromatic nitrogens is 4. The fourth-order valence-corrected chi connectivity index (χ4v) is 2.51. The van der Waals surface area contributed by atoms with Gasteiger partial charge >= 0.3 is 0 Å². The first-order chi connectivity index (χ1) is 10.8. The highest BCUT2D eigenvalue weighted by molar-refractivity contribution is 5.81. The van der Waals surface area contributed by atoms with Gasteiger partial charge in [0, 0.05) is 11.3 Å². The lowest BCUT2D eigenvalue weighted by molar-refractivity contribution is -0.119. The van der Waals surface area contributed by atoms with E-state index in [0.717, 1.165) is 18.5 Å². The molecule has 0 aromatic carbocycles. The largest absolute Gasteiger partial charge is 0.369 e. The summed E-state index contributed by atoms with van der Waals surface area (Å²) in [5, 5.41) is 4.38. The van der Waals surface area contributed by atoms with Crippen molar-refractivity contribution in [1.82, 2.24) is 19.7 Å². The lowest BCUT2D eigenvalue weighted by Gasteiger charge is -2.15. The SMILES string of the molecule is CCCCC(C(N)=O)c1cc(C)nn1-c1nc(C)c(C)c(=O)[nH]1. The molecule has 0 aliphatic rings. The highest BCUT2D eigenvalue weighted by atomic mass is 16.1. The Morgan fingerprint density at radius 2 is 2.09 bits per heavy atom. The summed E-state index contributed by atoms with van der Waals surface area (Å²) in [4.78, 5) is 31.0. The first kappa shape index (κ1) is 16.9.